The van der Waals surface area contributed by atoms with Crippen LogP contribution < -0.4 is 5.46 Å². The molecule has 3 heteroatoms. The molecule has 7 rings (SSSR count). The maximum atomic E-state index is 6.51. The third kappa shape index (κ3) is 3.16. The molecule has 1 aliphatic heterocycles. The molecule has 0 aromatic heterocycles. The molecule has 1 heterocycles. The van der Waals surface area contributed by atoms with E-state index < -0.39 is 23.7 Å². The molecule has 0 unspecified atom stereocenters. The van der Waals surface area contributed by atoms with E-state index in [2.05, 4.69) is 143 Å². The van der Waals surface area contributed by atoms with Crippen LogP contribution in [0.5, 0.6) is 0 Å². The molecule has 5 aromatic carbocycles. The van der Waals surface area contributed by atoms with Crippen molar-refractivity contribution in [3.05, 3.63) is 138 Å². The van der Waals surface area contributed by atoms with Crippen LogP contribution in [0.25, 0.3) is 21.9 Å². The Hall–Kier alpha value is -3.66. The van der Waals surface area contributed by atoms with Gasteiger partial charge >= 0.3 is 7.12 Å². The van der Waals surface area contributed by atoms with Crippen LogP contribution >= 0.6 is 0 Å². The van der Waals surface area contributed by atoms with E-state index in [9.17, 15) is 0 Å². The predicted molar refractivity (Wildman–Crippen MR) is 157 cm³/mol. The first kappa shape index (κ1) is 23.5. The van der Waals surface area contributed by atoms with Gasteiger partial charge in [0.15, 0.2) is 0 Å². The van der Waals surface area contributed by atoms with Crippen molar-refractivity contribution < 1.29 is 9.31 Å². The Morgan fingerprint density at radius 2 is 1.13 bits per heavy atom. The molecule has 0 spiro atoms. The summed E-state index contributed by atoms with van der Waals surface area (Å²) >= 11 is 0. The van der Waals surface area contributed by atoms with Crippen molar-refractivity contribution >= 4 is 23.4 Å². The number of rotatable bonds is 3. The van der Waals surface area contributed by atoms with E-state index in [1.54, 1.807) is 0 Å². The fraction of sp³-hybridized carbons (Fsp3) is 0.200. The largest absolute Gasteiger partial charge is 0.494 e. The molecule has 2 aliphatic rings. The van der Waals surface area contributed by atoms with E-state index in [-0.39, 0.29) is 0 Å². The first-order valence-electron chi connectivity index (χ1n) is 13.5. The Morgan fingerprint density at radius 3 is 1.76 bits per heavy atom. The molecular weight excluding hydrogens is 463 g/mol. The zero-order chi connectivity index (χ0) is 26.1. The van der Waals surface area contributed by atoms with Gasteiger partial charge < -0.3 is 9.31 Å². The van der Waals surface area contributed by atoms with Gasteiger partial charge in [-0.15, -0.1) is 0 Å². The number of fused-ring (bicyclic) bond motifs is 5. The van der Waals surface area contributed by atoms with Crippen molar-refractivity contribution in [1.29, 1.82) is 0 Å². The monoisotopic (exact) mass is 494 g/mol. The summed E-state index contributed by atoms with van der Waals surface area (Å²) in [5, 5.41) is 2.53. The Morgan fingerprint density at radius 1 is 0.553 bits per heavy atom. The van der Waals surface area contributed by atoms with Crippen molar-refractivity contribution in [3.8, 4) is 11.1 Å². The standard InChI is InChI=1S/C35H31BO2/c1-33(2)34(3,4)38-36(37-33)27-20-21-29-31(23-27)35(25-14-7-5-8-15-25,26-16-9-6-10-17-26)30-22-19-24-13-11-12-18-28(24)32(29)30/h5-23H,1-4H3. The summed E-state index contributed by atoms with van der Waals surface area (Å²) in [6, 6.07) is 42.0. The highest BCUT2D eigenvalue weighted by Crippen LogP contribution is 2.57. The van der Waals surface area contributed by atoms with Gasteiger partial charge in [0.2, 0.25) is 0 Å². The average Bonchev–Trinajstić information content (AvgIpc) is 3.36. The number of benzene rings is 5. The normalized spacial score (nSPS) is 18.4. The second-order valence-corrected chi connectivity index (χ2v) is 11.6. The van der Waals surface area contributed by atoms with Crippen molar-refractivity contribution in [2.45, 2.75) is 44.3 Å². The second-order valence-electron chi connectivity index (χ2n) is 11.6. The molecule has 0 amide bonds. The average molecular weight is 494 g/mol. The maximum absolute atomic E-state index is 6.51. The van der Waals surface area contributed by atoms with Gasteiger partial charge in [-0.3, -0.25) is 0 Å². The van der Waals surface area contributed by atoms with Gasteiger partial charge in [0, 0.05) is 0 Å². The summed E-state index contributed by atoms with van der Waals surface area (Å²) in [5.74, 6) is 0. The smallest absolute Gasteiger partial charge is 0.399 e. The molecule has 0 radical (unpaired) electrons. The topological polar surface area (TPSA) is 18.5 Å². The van der Waals surface area contributed by atoms with Crippen molar-refractivity contribution in [2.75, 3.05) is 0 Å². The van der Waals surface area contributed by atoms with Gasteiger partial charge in [0.25, 0.3) is 0 Å². The van der Waals surface area contributed by atoms with Crippen molar-refractivity contribution in [2.24, 2.45) is 0 Å². The Bertz CT molecular complexity index is 1620. The zero-order valence-corrected chi connectivity index (χ0v) is 22.4. The van der Waals surface area contributed by atoms with Gasteiger partial charge in [0.1, 0.15) is 0 Å². The Labute approximate surface area is 225 Å². The maximum Gasteiger partial charge on any atom is 0.494 e. The first-order chi connectivity index (χ1) is 18.3. The molecule has 0 atom stereocenters. The zero-order valence-electron chi connectivity index (χ0n) is 22.4. The van der Waals surface area contributed by atoms with E-state index in [1.807, 2.05) is 0 Å². The lowest BCUT2D eigenvalue weighted by Gasteiger charge is -2.34. The van der Waals surface area contributed by atoms with Crippen LogP contribution in [0, 0.1) is 0 Å². The van der Waals surface area contributed by atoms with Gasteiger partial charge in [-0.25, -0.2) is 0 Å². The molecule has 1 fully saturated rings. The summed E-state index contributed by atoms with van der Waals surface area (Å²) in [6.07, 6.45) is 0. The SMILES string of the molecule is CC1(C)OB(c2ccc3c(c2)C(c2ccccc2)(c2ccccc2)c2ccc4ccccc4c2-3)OC1(C)C. The van der Waals surface area contributed by atoms with Gasteiger partial charge in [-0.2, -0.15) is 0 Å². The lowest BCUT2D eigenvalue weighted by atomic mass is 9.66. The molecule has 38 heavy (non-hydrogen) atoms. The summed E-state index contributed by atoms with van der Waals surface area (Å²) in [6.45, 7) is 8.45. The fourth-order valence-electron chi connectivity index (χ4n) is 6.40. The highest BCUT2D eigenvalue weighted by atomic mass is 16.7. The van der Waals surface area contributed by atoms with E-state index in [4.69, 9.17) is 9.31 Å². The minimum absolute atomic E-state index is 0.397. The van der Waals surface area contributed by atoms with E-state index >= 15 is 0 Å². The molecule has 0 saturated carbocycles. The summed E-state index contributed by atoms with van der Waals surface area (Å²) in [5.41, 5.74) is 7.48. The van der Waals surface area contributed by atoms with Crippen LogP contribution in [-0.2, 0) is 14.7 Å². The van der Waals surface area contributed by atoms with Gasteiger partial charge in [0.05, 0.1) is 16.6 Å². The van der Waals surface area contributed by atoms with Crippen molar-refractivity contribution in [3.63, 3.8) is 0 Å². The van der Waals surface area contributed by atoms with Gasteiger partial charge in [-0.05, 0) is 77.3 Å². The summed E-state index contributed by atoms with van der Waals surface area (Å²) < 4.78 is 13.0. The molecule has 0 N–H and O–H groups in total. The van der Waals surface area contributed by atoms with Crippen LogP contribution in [0.4, 0.5) is 0 Å². The third-order valence-corrected chi connectivity index (χ3v) is 8.99. The van der Waals surface area contributed by atoms with Crippen LogP contribution in [0.3, 0.4) is 0 Å². The predicted octanol–water partition coefficient (Wildman–Crippen LogP) is 7.50. The fourth-order valence-corrected chi connectivity index (χ4v) is 6.40. The minimum atomic E-state index is -0.461. The highest BCUT2D eigenvalue weighted by molar-refractivity contribution is 6.62. The minimum Gasteiger partial charge on any atom is -0.399 e. The van der Waals surface area contributed by atoms with Crippen LogP contribution in [-0.4, -0.2) is 18.3 Å². The number of hydrogen-bond donors (Lipinski definition) is 0. The summed E-state index contributed by atoms with van der Waals surface area (Å²) in [7, 11) is -0.421. The Balaban J connectivity index is 1.57. The highest BCUT2D eigenvalue weighted by Gasteiger charge is 2.53. The molecule has 1 aliphatic carbocycles. The van der Waals surface area contributed by atoms with Crippen LogP contribution in [0.1, 0.15) is 49.9 Å². The lowest BCUT2D eigenvalue weighted by molar-refractivity contribution is 0.00578. The van der Waals surface area contributed by atoms with Crippen LogP contribution in [0.2, 0.25) is 0 Å². The van der Waals surface area contributed by atoms with E-state index in [0.29, 0.717) is 0 Å². The molecule has 1 saturated heterocycles. The molecule has 2 nitrogen and oxygen atoms in total. The molecule has 186 valence electrons. The Kier molecular flexibility index (Phi) is 5.04. The molecule has 5 aromatic rings. The lowest BCUT2D eigenvalue weighted by Crippen LogP contribution is -2.41. The van der Waals surface area contributed by atoms with Gasteiger partial charge in [-0.1, -0.05) is 115 Å². The third-order valence-electron chi connectivity index (χ3n) is 8.99. The number of hydrogen-bond acceptors (Lipinski definition) is 2. The molecular formula is C35H31BO2. The van der Waals surface area contributed by atoms with E-state index in [1.165, 1.54) is 44.2 Å². The molecule has 0 bridgehead atoms. The quantitative estimate of drug-likeness (QED) is 0.237. The van der Waals surface area contributed by atoms with Crippen molar-refractivity contribution in [1.82, 2.24) is 0 Å². The van der Waals surface area contributed by atoms with Crippen LogP contribution in [0.15, 0.2) is 115 Å². The van der Waals surface area contributed by atoms with E-state index in [0.717, 1.165) is 5.46 Å². The summed E-state index contributed by atoms with van der Waals surface area (Å²) in [4.78, 5) is 0. The first-order valence-corrected chi connectivity index (χ1v) is 13.5. The second kappa shape index (κ2) is 8.17.